The third-order valence-corrected chi connectivity index (χ3v) is 3.35. The molecule has 1 atom stereocenters. The molecule has 1 spiro atoms. The van der Waals surface area contributed by atoms with Crippen LogP contribution in [-0.4, -0.2) is 37.4 Å². The first-order chi connectivity index (χ1) is 6.25. The molecular weight excluding hydrogens is 170 g/mol. The molecule has 2 heterocycles. The molecule has 2 fully saturated rings. The summed E-state index contributed by atoms with van der Waals surface area (Å²) >= 11 is 0. The van der Waals surface area contributed by atoms with E-state index in [1.165, 1.54) is 0 Å². The maximum Gasteiger partial charge on any atom is 0.308 e. The first-order valence-corrected chi connectivity index (χ1v) is 4.76. The molecule has 74 valence electrons. The molecule has 2 aliphatic rings. The van der Waals surface area contributed by atoms with E-state index in [4.69, 9.17) is 9.84 Å². The Kier molecular flexibility index (Phi) is 2.26. The zero-order valence-electron chi connectivity index (χ0n) is 7.58. The van der Waals surface area contributed by atoms with Gasteiger partial charge in [0.2, 0.25) is 0 Å². The van der Waals surface area contributed by atoms with E-state index in [1.807, 2.05) is 0 Å². The third-order valence-electron chi connectivity index (χ3n) is 3.35. The van der Waals surface area contributed by atoms with Gasteiger partial charge in [0.25, 0.3) is 0 Å². The number of carboxylic acid groups (broad SMARTS) is 1. The quantitative estimate of drug-likeness (QED) is 0.607. The molecule has 2 saturated heterocycles. The maximum atomic E-state index is 11.0. The summed E-state index contributed by atoms with van der Waals surface area (Å²) in [5.41, 5.74) is -0.0237. The molecule has 0 aromatic carbocycles. The molecular formula is C9H15NO3. The van der Waals surface area contributed by atoms with E-state index in [0.717, 1.165) is 19.4 Å². The van der Waals surface area contributed by atoms with Gasteiger partial charge >= 0.3 is 5.97 Å². The highest BCUT2D eigenvalue weighted by atomic mass is 16.5. The molecule has 0 aromatic heterocycles. The van der Waals surface area contributed by atoms with Crippen LogP contribution in [0.25, 0.3) is 0 Å². The van der Waals surface area contributed by atoms with Crippen LogP contribution >= 0.6 is 0 Å². The van der Waals surface area contributed by atoms with Crippen molar-refractivity contribution in [1.29, 1.82) is 0 Å². The van der Waals surface area contributed by atoms with Crippen molar-refractivity contribution in [2.24, 2.45) is 11.3 Å². The third kappa shape index (κ3) is 1.44. The van der Waals surface area contributed by atoms with Gasteiger partial charge in [0, 0.05) is 31.7 Å². The first kappa shape index (κ1) is 8.97. The van der Waals surface area contributed by atoms with Gasteiger partial charge in [-0.15, -0.1) is 0 Å². The second-order valence-corrected chi connectivity index (χ2v) is 4.00. The number of carbonyl (C=O) groups is 1. The van der Waals surface area contributed by atoms with Crippen molar-refractivity contribution in [3.05, 3.63) is 0 Å². The molecule has 2 aliphatic heterocycles. The molecule has 4 nitrogen and oxygen atoms in total. The Morgan fingerprint density at radius 1 is 1.46 bits per heavy atom. The molecule has 0 bridgehead atoms. The number of nitrogens with one attached hydrogen (secondary N) is 1. The number of hydrogen-bond donors (Lipinski definition) is 2. The second kappa shape index (κ2) is 3.27. The lowest BCUT2D eigenvalue weighted by molar-refractivity contribution is -0.146. The molecule has 4 heteroatoms. The summed E-state index contributed by atoms with van der Waals surface area (Å²) in [6.07, 6.45) is 1.77. The lowest BCUT2D eigenvalue weighted by atomic mass is 9.72. The number of ether oxygens (including phenoxy) is 1. The predicted molar refractivity (Wildman–Crippen MR) is 46.5 cm³/mol. The number of hydrogen-bond acceptors (Lipinski definition) is 3. The van der Waals surface area contributed by atoms with Crippen molar-refractivity contribution in [3.63, 3.8) is 0 Å². The van der Waals surface area contributed by atoms with Crippen molar-refractivity contribution in [1.82, 2.24) is 5.32 Å². The average molecular weight is 185 g/mol. The Hall–Kier alpha value is -0.610. The smallest absolute Gasteiger partial charge is 0.308 e. The normalized spacial score (nSPS) is 32.2. The number of rotatable bonds is 1. The molecule has 0 saturated carbocycles. The molecule has 0 radical (unpaired) electrons. The predicted octanol–water partition coefficient (Wildman–Crippen LogP) is 0.0872. The molecule has 13 heavy (non-hydrogen) atoms. The van der Waals surface area contributed by atoms with Gasteiger partial charge in [-0.1, -0.05) is 0 Å². The Morgan fingerprint density at radius 2 is 2.15 bits per heavy atom. The Morgan fingerprint density at radius 3 is 2.77 bits per heavy atom. The van der Waals surface area contributed by atoms with Gasteiger partial charge < -0.3 is 15.2 Å². The minimum Gasteiger partial charge on any atom is -0.481 e. The minimum atomic E-state index is -0.660. The number of carboxylic acids is 1. The van der Waals surface area contributed by atoms with E-state index in [-0.39, 0.29) is 11.3 Å². The van der Waals surface area contributed by atoms with Crippen molar-refractivity contribution >= 4 is 5.97 Å². The van der Waals surface area contributed by atoms with Crippen LogP contribution in [0.5, 0.6) is 0 Å². The van der Waals surface area contributed by atoms with Crippen molar-refractivity contribution in [3.8, 4) is 0 Å². The lowest BCUT2D eigenvalue weighted by Crippen LogP contribution is -2.39. The molecule has 0 aromatic rings. The van der Waals surface area contributed by atoms with Crippen molar-refractivity contribution in [2.45, 2.75) is 12.8 Å². The summed E-state index contributed by atoms with van der Waals surface area (Å²) in [5, 5.41) is 12.2. The summed E-state index contributed by atoms with van der Waals surface area (Å²) in [7, 11) is 0. The van der Waals surface area contributed by atoms with Gasteiger partial charge in [-0.25, -0.2) is 0 Å². The van der Waals surface area contributed by atoms with E-state index in [0.29, 0.717) is 19.8 Å². The zero-order chi connectivity index (χ0) is 9.31. The van der Waals surface area contributed by atoms with Crippen LogP contribution in [0.4, 0.5) is 0 Å². The fourth-order valence-electron chi connectivity index (χ4n) is 2.46. The van der Waals surface area contributed by atoms with Gasteiger partial charge in [0.15, 0.2) is 0 Å². The minimum absolute atomic E-state index is 0.0237. The fourth-order valence-corrected chi connectivity index (χ4v) is 2.46. The molecule has 2 rings (SSSR count). The highest BCUT2D eigenvalue weighted by Gasteiger charge is 2.47. The van der Waals surface area contributed by atoms with Crippen LogP contribution in [0.1, 0.15) is 12.8 Å². The van der Waals surface area contributed by atoms with E-state index in [1.54, 1.807) is 0 Å². The van der Waals surface area contributed by atoms with E-state index < -0.39 is 5.97 Å². The van der Waals surface area contributed by atoms with Gasteiger partial charge in [-0.3, -0.25) is 4.79 Å². The SMILES string of the molecule is O=C(O)C1CNCC12CCOCC2. The molecule has 2 N–H and O–H groups in total. The van der Waals surface area contributed by atoms with Gasteiger partial charge in [0.05, 0.1) is 5.92 Å². The van der Waals surface area contributed by atoms with Crippen molar-refractivity contribution < 1.29 is 14.6 Å². The van der Waals surface area contributed by atoms with E-state index >= 15 is 0 Å². The monoisotopic (exact) mass is 185 g/mol. The number of aliphatic carboxylic acids is 1. The van der Waals surface area contributed by atoms with Gasteiger partial charge in [-0.05, 0) is 12.8 Å². The Balaban J connectivity index is 2.13. The summed E-state index contributed by atoms with van der Waals surface area (Å²) in [6, 6.07) is 0. The van der Waals surface area contributed by atoms with Gasteiger partial charge in [-0.2, -0.15) is 0 Å². The lowest BCUT2D eigenvalue weighted by Gasteiger charge is -2.35. The zero-order valence-corrected chi connectivity index (χ0v) is 7.58. The topological polar surface area (TPSA) is 58.6 Å². The first-order valence-electron chi connectivity index (χ1n) is 4.76. The summed E-state index contributed by atoms with van der Waals surface area (Å²) in [4.78, 5) is 11.0. The van der Waals surface area contributed by atoms with Crippen LogP contribution in [0.2, 0.25) is 0 Å². The van der Waals surface area contributed by atoms with Crippen LogP contribution in [0.15, 0.2) is 0 Å². The molecule has 0 amide bonds. The Labute approximate surface area is 77.3 Å². The maximum absolute atomic E-state index is 11.0. The van der Waals surface area contributed by atoms with Gasteiger partial charge in [0.1, 0.15) is 0 Å². The van der Waals surface area contributed by atoms with Crippen LogP contribution in [-0.2, 0) is 9.53 Å². The summed E-state index contributed by atoms with van der Waals surface area (Å²) in [5.74, 6) is -0.872. The standard InChI is InChI=1S/C9H15NO3/c11-8(12)7-5-10-6-9(7)1-3-13-4-2-9/h7,10H,1-6H2,(H,11,12). The van der Waals surface area contributed by atoms with E-state index in [2.05, 4.69) is 5.32 Å². The van der Waals surface area contributed by atoms with Crippen molar-refractivity contribution in [2.75, 3.05) is 26.3 Å². The highest BCUT2D eigenvalue weighted by Crippen LogP contribution is 2.40. The second-order valence-electron chi connectivity index (χ2n) is 4.00. The van der Waals surface area contributed by atoms with Crippen LogP contribution < -0.4 is 5.32 Å². The largest absolute Gasteiger partial charge is 0.481 e. The molecule has 1 unspecified atom stereocenters. The summed E-state index contributed by atoms with van der Waals surface area (Å²) in [6.45, 7) is 2.89. The highest BCUT2D eigenvalue weighted by molar-refractivity contribution is 5.72. The van der Waals surface area contributed by atoms with Crippen LogP contribution in [0.3, 0.4) is 0 Å². The molecule has 0 aliphatic carbocycles. The average Bonchev–Trinajstić information content (AvgIpc) is 2.50. The Bertz CT molecular complexity index is 211. The fraction of sp³-hybridized carbons (Fsp3) is 0.889. The van der Waals surface area contributed by atoms with E-state index in [9.17, 15) is 4.79 Å². The van der Waals surface area contributed by atoms with Crippen LogP contribution in [0, 0.1) is 11.3 Å². The summed E-state index contributed by atoms with van der Waals surface area (Å²) < 4.78 is 5.26.